The van der Waals surface area contributed by atoms with E-state index in [2.05, 4.69) is 4.98 Å². The van der Waals surface area contributed by atoms with Gasteiger partial charge in [-0.15, -0.1) is 11.8 Å². The number of anilines is 1. The molecule has 4 nitrogen and oxygen atoms in total. The molecule has 2 heterocycles. The Bertz CT molecular complexity index is 1010. The summed E-state index contributed by atoms with van der Waals surface area (Å²) in [4.78, 5) is 20.5. The number of hydrogen-bond donors (Lipinski definition) is 0. The minimum Gasteiger partial charge on any atom is -0.486 e. The van der Waals surface area contributed by atoms with Crippen LogP contribution in [0, 0.1) is 0 Å². The number of benzene rings is 2. The first-order chi connectivity index (χ1) is 14.2. The standard InChI is InChI=1S/C23H19ClN2O2S/c24-19-11-9-17(10-12-19)16-26(20-8-4-5-13-25-20)23(27)21-22(29-15-14-28-21)18-6-2-1-3-7-18/h1-13H,14-16H2. The van der Waals surface area contributed by atoms with Crippen LogP contribution >= 0.6 is 23.4 Å². The Labute approximate surface area is 179 Å². The summed E-state index contributed by atoms with van der Waals surface area (Å²) in [7, 11) is 0. The van der Waals surface area contributed by atoms with E-state index < -0.39 is 0 Å². The molecule has 146 valence electrons. The van der Waals surface area contributed by atoms with Crippen molar-refractivity contribution in [2.75, 3.05) is 17.3 Å². The molecule has 1 amide bonds. The third kappa shape index (κ3) is 4.63. The van der Waals surface area contributed by atoms with Crippen LogP contribution in [0.1, 0.15) is 11.1 Å². The van der Waals surface area contributed by atoms with Gasteiger partial charge in [0.15, 0.2) is 5.76 Å². The number of hydrogen-bond acceptors (Lipinski definition) is 4. The van der Waals surface area contributed by atoms with E-state index in [1.807, 2.05) is 72.8 Å². The first-order valence-electron chi connectivity index (χ1n) is 9.25. The summed E-state index contributed by atoms with van der Waals surface area (Å²) in [6, 6.07) is 22.9. The Morgan fingerprint density at radius 1 is 1.03 bits per heavy atom. The maximum Gasteiger partial charge on any atom is 0.296 e. The second-order valence-corrected chi connectivity index (χ2v) is 7.97. The summed E-state index contributed by atoms with van der Waals surface area (Å²) >= 11 is 7.66. The second kappa shape index (κ2) is 9.16. The minimum absolute atomic E-state index is 0.204. The van der Waals surface area contributed by atoms with Gasteiger partial charge in [0, 0.05) is 17.0 Å². The van der Waals surface area contributed by atoms with Crippen LogP contribution in [0.15, 0.2) is 84.8 Å². The van der Waals surface area contributed by atoms with Gasteiger partial charge in [-0.3, -0.25) is 9.69 Å². The molecule has 6 heteroatoms. The molecule has 3 aromatic rings. The fraction of sp³-hybridized carbons (Fsp3) is 0.130. The Hall–Kier alpha value is -2.76. The lowest BCUT2D eigenvalue weighted by Gasteiger charge is -2.27. The van der Waals surface area contributed by atoms with Gasteiger partial charge >= 0.3 is 0 Å². The van der Waals surface area contributed by atoms with Crippen molar-refractivity contribution in [3.63, 3.8) is 0 Å². The molecule has 0 bridgehead atoms. The number of pyridine rings is 1. The molecule has 1 aliphatic heterocycles. The molecule has 0 spiro atoms. The van der Waals surface area contributed by atoms with Crippen LogP contribution in [0.4, 0.5) is 5.82 Å². The maximum absolute atomic E-state index is 13.6. The first-order valence-corrected chi connectivity index (χ1v) is 10.6. The quantitative estimate of drug-likeness (QED) is 0.552. The highest BCUT2D eigenvalue weighted by Gasteiger charge is 2.28. The van der Waals surface area contributed by atoms with E-state index in [-0.39, 0.29) is 5.91 Å². The van der Waals surface area contributed by atoms with Gasteiger partial charge in [-0.25, -0.2) is 4.98 Å². The molecule has 2 aromatic carbocycles. The summed E-state index contributed by atoms with van der Waals surface area (Å²) in [5.74, 6) is 1.55. The number of ether oxygens (including phenoxy) is 1. The van der Waals surface area contributed by atoms with Crippen molar-refractivity contribution in [1.29, 1.82) is 0 Å². The Balaban J connectivity index is 1.74. The number of thioether (sulfide) groups is 1. The number of carbonyl (C=O) groups excluding carboxylic acids is 1. The van der Waals surface area contributed by atoms with Crippen molar-refractivity contribution >= 4 is 40.0 Å². The molecule has 0 fully saturated rings. The van der Waals surface area contributed by atoms with Crippen LogP contribution in [0.25, 0.3) is 4.91 Å². The minimum atomic E-state index is -0.204. The molecule has 1 aromatic heterocycles. The normalized spacial score (nSPS) is 13.7. The van der Waals surface area contributed by atoms with Gasteiger partial charge in [-0.05, 0) is 35.4 Å². The Morgan fingerprint density at radius 3 is 2.52 bits per heavy atom. The van der Waals surface area contributed by atoms with E-state index in [1.54, 1.807) is 22.9 Å². The van der Waals surface area contributed by atoms with Crippen molar-refractivity contribution in [1.82, 2.24) is 4.98 Å². The van der Waals surface area contributed by atoms with E-state index in [0.717, 1.165) is 21.8 Å². The SMILES string of the molecule is O=C(C1=C(c2ccccc2)SCCO1)N(Cc1ccc(Cl)cc1)c1ccccn1. The van der Waals surface area contributed by atoms with Crippen molar-refractivity contribution < 1.29 is 9.53 Å². The van der Waals surface area contributed by atoms with Crippen LogP contribution in [0.5, 0.6) is 0 Å². The zero-order valence-electron chi connectivity index (χ0n) is 15.6. The van der Waals surface area contributed by atoms with Gasteiger partial charge in [0.2, 0.25) is 0 Å². The van der Waals surface area contributed by atoms with Crippen molar-refractivity contribution in [2.45, 2.75) is 6.54 Å². The summed E-state index contributed by atoms with van der Waals surface area (Å²) in [6.45, 7) is 0.867. The zero-order chi connectivity index (χ0) is 20.1. The van der Waals surface area contributed by atoms with Crippen molar-refractivity contribution in [2.24, 2.45) is 0 Å². The number of amides is 1. The number of aromatic nitrogens is 1. The number of nitrogens with zero attached hydrogens (tertiary/aromatic N) is 2. The van der Waals surface area contributed by atoms with Crippen LogP contribution in [0.3, 0.4) is 0 Å². The molecule has 29 heavy (non-hydrogen) atoms. The molecule has 1 aliphatic rings. The zero-order valence-corrected chi connectivity index (χ0v) is 17.2. The van der Waals surface area contributed by atoms with Crippen LogP contribution in [-0.4, -0.2) is 23.3 Å². The molecule has 0 saturated heterocycles. The average Bonchev–Trinajstić information content (AvgIpc) is 2.79. The topological polar surface area (TPSA) is 42.4 Å². The largest absolute Gasteiger partial charge is 0.486 e. The van der Waals surface area contributed by atoms with Crippen LogP contribution in [0.2, 0.25) is 5.02 Å². The highest BCUT2D eigenvalue weighted by molar-refractivity contribution is 8.08. The highest BCUT2D eigenvalue weighted by Crippen LogP contribution is 2.36. The smallest absolute Gasteiger partial charge is 0.296 e. The fourth-order valence-electron chi connectivity index (χ4n) is 3.05. The van der Waals surface area contributed by atoms with E-state index in [4.69, 9.17) is 16.3 Å². The molecule has 4 rings (SSSR count). The number of carbonyl (C=O) groups is 1. The lowest BCUT2D eigenvalue weighted by atomic mass is 10.1. The van der Waals surface area contributed by atoms with Gasteiger partial charge in [0.05, 0.1) is 18.1 Å². The third-order valence-electron chi connectivity index (χ3n) is 4.44. The Kier molecular flexibility index (Phi) is 6.17. The number of rotatable bonds is 5. The molecule has 0 aliphatic carbocycles. The van der Waals surface area contributed by atoms with Gasteiger partial charge in [-0.2, -0.15) is 0 Å². The monoisotopic (exact) mass is 422 g/mol. The van der Waals surface area contributed by atoms with E-state index in [0.29, 0.717) is 29.8 Å². The Morgan fingerprint density at radius 2 is 1.79 bits per heavy atom. The van der Waals surface area contributed by atoms with E-state index in [1.165, 1.54) is 0 Å². The number of halogens is 1. The van der Waals surface area contributed by atoms with Gasteiger partial charge in [0.1, 0.15) is 5.82 Å². The summed E-state index contributed by atoms with van der Waals surface area (Å²) in [6.07, 6.45) is 1.68. The lowest BCUT2D eigenvalue weighted by molar-refractivity contribution is -0.118. The maximum atomic E-state index is 13.6. The lowest BCUT2D eigenvalue weighted by Crippen LogP contribution is -2.34. The average molecular weight is 423 g/mol. The predicted octanol–water partition coefficient (Wildman–Crippen LogP) is 5.40. The van der Waals surface area contributed by atoms with E-state index >= 15 is 0 Å². The van der Waals surface area contributed by atoms with Crippen molar-refractivity contribution in [3.8, 4) is 0 Å². The molecule has 0 saturated carbocycles. The second-order valence-electron chi connectivity index (χ2n) is 6.43. The van der Waals surface area contributed by atoms with E-state index in [9.17, 15) is 4.79 Å². The van der Waals surface area contributed by atoms with Gasteiger partial charge in [0.25, 0.3) is 5.91 Å². The fourth-order valence-corrected chi connectivity index (χ4v) is 4.12. The van der Waals surface area contributed by atoms with Gasteiger partial charge in [-0.1, -0.05) is 60.1 Å². The van der Waals surface area contributed by atoms with Gasteiger partial charge < -0.3 is 4.74 Å². The summed E-state index contributed by atoms with van der Waals surface area (Å²) < 4.78 is 5.88. The molecule has 0 atom stereocenters. The van der Waals surface area contributed by atoms with Crippen molar-refractivity contribution in [3.05, 3.63) is 101 Å². The summed E-state index contributed by atoms with van der Waals surface area (Å²) in [5.41, 5.74) is 1.94. The molecular weight excluding hydrogens is 404 g/mol. The summed E-state index contributed by atoms with van der Waals surface area (Å²) in [5, 5.41) is 0.658. The third-order valence-corrected chi connectivity index (χ3v) is 5.77. The first kappa shape index (κ1) is 19.6. The van der Waals surface area contributed by atoms with Crippen LogP contribution < -0.4 is 4.90 Å². The molecule has 0 unspecified atom stereocenters. The van der Waals surface area contributed by atoms with Crippen LogP contribution in [-0.2, 0) is 16.1 Å². The molecular formula is C23H19ClN2O2S. The molecule has 0 radical (unpaired) electrons. The molecule has 0 N–H and O–H groups in total. The highest BCUT2D eigenvalue weighted by atomic mass is 35.5. The predicted molar refractivity (Wildman–Crippen MR) is 119 cm³/mol.